The number of carbonyl (C=O) groups is 1. The van der Waals surface area contributed by atoms with E-state index in [1.807, 2.05) is 0 Å². The molecule has 1 amide bonds. The van der Waals surface area contributed by atoms with E-state index in [1.54, 1.807) is 39.0 Å². The molecule has 1 aliphatic rings. The molecule has 0 aromatic heterocycles. The van der Waals surface area contributed by atoms with Gasteiger partial charge in [0.1, 0.15) is 11.8 Å². The smallest absolute Gasteiger partial charge is 0.410 e. The summed E-state index contributed by atoms with van der Waals surface area (Å²) in [6.07, 6.45) is -1.64. The second-order valence-electron chi connectivity index (χ2n) is 6.62. The molecule has 1 heterocycles. The van der Waals surface area contributed by atoms with Crippen LogP contribution in [0.15, 0.2) is 18.2 Å². The molecule has 4 nitrogen and oxygen atoms in total. The Balaban J connectivity index is 1.90. The molecule has 1 N–H and O–H groups in total. The number of halogens is 3. The van der Waals surface area contributed by atoms with Gasteiger partial charge in [-0.2, -0.15) is 0 Å². The molecule has 128 valence electrons. The van der Waals surface area contributed by atoms with E-state index in [9.17, 15) is 9.18 Å². The predicted octanol–water partition coefficient (Wildman–Crippen LogP) is 4.04. The van der Waals surface area contributed by atoms with Crippen molar-refractivity contribution in [1.29, 1.82) is 0 Å². The number of hydrogen-bond acceptors (Lipinski definition) is 3. The van der Waals surface area contributed by atoms with Crippen molar-refractivity contribution in [3.05, 3.63) is 33.8 Å². The van der Waals surface area contributed by atoms with Gasteiger partial charge in [0.05, 0.1) is 12.6 Å². The average Bonchev–Trinajstić information content (AvgIpc) is 2.77. The van der Waals surface area contributed by atoms with Crippen LogP contribution in [0.3, 0.4) is 0 Å². The van der Waals surface area contributed by atoms with Gasteiger partial charge in [0.2, 0.25) is 0 Å². The molecule has 1 fully saturated rings. The molecule has 1 aromatic carbocycles. The van der Waals surface area contributed by atoms with E-state index in [1.165, 1.54) is 4.90 Å². The minimum absolute atomic E-state index is 0.0287. The molecule has 2 unspecified atom stereocenters. The Morgan fingerprint density at radius 2 is 2.09 bits per heavy atom. The van der Waals surface area contributed by atoms with Crippen LogP contribution in [0.25, 0.3) is 0 Å². The van der Waals surface area contributed by atoms with Crippen LogP contribution in [0.4, 0.5) is 9.18 Å². The van der Waals surface area contributed by atoms with Gasteiger partial charge in [-0.05, 0) is 38.5 Å². The highest BCUT2D eigenvalue weighted by Crippen LogP contribution is 2.22. The molecule has 23 heavy (non-hydrogen) atoms. The number of carbonyl (C=O) groups excluding carboxylic acids is 1. The highest BCUT2D eigenvalue weighted by molar-refractivity contribution is 6.35. The van der Waals surface area contributed by atoms with E-state index in [0.717, 1.165) is 5.56 Å². The second-order valence-corrected chi connectivity index (χ2v) is 7.47. The van der Waals surface area contributed by atoms with Crippen LogP contribution in [0, 0.1) is 0 Å². The van der Waals surface area contributed by atoms with Crippen LogP contribution in [0.1, 0.15) is 26.3 Å². The van der Waals surface area contributed by atoms with Crippen LogP contribution in [-0.4, -0.2) is 41.9 Å². The standard InChI is InChI=1S/C16H21Cl2FN2O2/c1-16(2,3)23-15(22)21-8-13(19)14(9-21)20-7-10-4-5-11(17)6-12(10)18/h4-6,13-14,20H,7-9H2,1-3H3. The largest absolute Gasteiger partial charge is 0.444 e. The lowest BCUT2D eigenvalue weighted by Crippen LogP contribution is -2.39. The van der Waals surface area contributed by atoms with E-state index in [0.29, 0.717) is 16.6 Å². The van der Waals surface area contributed by atoms with Gasteiger partial charge in [-0.15, -0.1) is 0 Å². The van der Waals surface area contributed by atoms with Crippen molar-refractivity contribution in [2.75, 3.05) is 13.1 Å². The van der Waals surface area contributed by atoms with E-state index in [2.05, 4.69) is 5.32 Å². The van der Waals surface area contributed by atoms with Gasteiger partial charge in [-0.1, -0.05) is 29.3 Å². The Bertz CT molecular complexity index is 578. The summed E-state index contributed by atoms with van der Waals surface area (Å²) in [6, 6.07) is 4.73. The number of hydrogen-bond donors (Lipinski definition) is 1. The summed E-state index contributed by atoms with van der Waals surface area (Å²) in [7, 11) is 0. The SMILES string of the molecule is CC(C)(C)OC(=O)N1CC(F)C(NCc2ccc(Cl)cc2Cl)C1. The number of benzene rings is 1. The summed E-state index contributed by atoms with van der Waals surface area (Å²) < 4.78 is 19.4. The maximum absolute atomic E-state index is 14.1. The fourth-order valence-corrected chi connectivity index (χ4v) is 2.81. The normalized spacial score (nSPS) is 21.6. The molecule has 0 radical (unpaired) electrons. The van der Waals surface area contributed by atoms with Crippen LogP contribution in [0.5, 0.6) is 0 Å². The number of likely N-dealkylation sites (tertiary alicyclic amines) is 1. The topological polar surface area (TPSA) is 41.6 Å². The zero-order valence-corrected chi connectivity index (χ0v) is 14.9. The molecular formula is C16H21Cl2FN2O2. The van der Waals surface area contributed by atoms with Crippen LogP contribution >= 0.6 is 23.2 Å². The Kier molecular flexibility index (Phi) is 5.76. The van der Waals surface area contributed by atoms with E-state index in [-0.39, 0.29) is 13.1 Å². The Labute approximate surface area is 145 Å². The summed E-state index contributed by atoms with van der Waals surface area (Å²) in [4.78, 5) is 13.4. The molecule has 0 aliphatic carbocycles. The fourth-order valence-electron chi connectivity index (χ4n) is 2.34. The van der Waals surface area contributed by atoms with E-state index in [4.69, 9.17) is 27.9 Å². The molecule has 1 aliphatic heterocycles. The predicted molar refractivity (Wildman–Crippen MR) is 89.8 cm³/mol. The molecular weight excluding hydrogens is 342 g/mol. The zero-order chi connectivity index (χ0) is 17.2. The van der Waals surface area contributed by atoms with Crippen molar-refractivity contribution in [1.82, 2.24) is 10.2 Å². The average molecular weight is 363 g/mol. The summed E-state index contributed by atoms with van der Waals surface area (Å²) >= 11 is 12.0. The third kappa shape index (κ3) is 5.23. The quantitative estimate of drug-likeness (QED) is 0.881. The molecule has 0 saturated carbocycles. The molecule has 1 aromatic rings. The van der Waals surface area contributed by atoms with Gasteiger partial charge in [-0.25, -0.2) is 9.18 Å². The lowest BCUT2D eigenvalue weighted by molar-refractivity contribution is 0.0282. The molecule has 0 bridgehead atoms. The highest BCUT2D eigenvalue weighted by atomic mass is 35.5. The van der Waals surface area contributed by atoms with Crippen molar-refractivity contribution >= 4 is 29.3 Å². The van der Waals surface area contributed by atoms with Crippen molar-refractivity contribution in [2.45, 2.75) is 45.1 Å². The van der Waals surface area contributed by atoms with Crippen LogP contribution < -0.4 is 5.32 Å². The first-order valence-electron chi connectivity index (χ1n) is 7.45. The lowest BCUT2D eigenvalue weighted by Gasteiger charge is -2.24. The molecule has 2 rings (SSSR count). The zero-order valence-electron chi connectivity index (χ0n) is 13.4. The van der Waals surface area contributed by atoms with Crippen molar-refractivity contribution in [3.63, 3.8) is 0 Å². The first-order valence-corrected chi connectivity index (χ1v) is 8.20. The molecule has 1 saturated heterocycles. The Morgan fingerprint density at radius 1 is 1.39 bits per heavy atom. The molecule has 7 heteroatoms. The summed E-state index contributed by atoms with van der Waals surface area (Å²) in [5, 5.41) is 4.19. The molecule has 0 spiro atoms. The van der Waals surface area contributed by atoms with E-state index >= 15 is 0 Å². The summed E-state index contributed by atoms with van der Waals surface area (Å²) in [5.74, 6) is 0. The number of alkyl halides is 1. The summed E-state index contributed by atoms with van der Waals surface area (Å²) in [6.45, 7) is 6.05. The van der Waals surface area contributed by atoms with Crippen LogP contribution in [0.2, 0.25) is 10.0 Å². The second kappa shape index (κ2) is 7.24. The Hall–Kier alpha value is -1.04. The van der Waals surface area contributed by atoms with Gasteiger partial charge in [-0.3, -0.25) is 0 Å². The maximum atomic E-state index is 14.1. The van der Waals surface area contributed by atoms with Crippen molar-refractivity contribution in [3.8, 4) is 0 Å². The first kappa shape index (κ1) is 18.3. The first-order chi connectivity index (χ1) is 10.7. The van der Waals surface area contributed by atoms with Gasteiger partial charge in [0.15, 0.2) is 0 Å². The van der Waals surface area contributed by atoms with Gasteiger partial charge >= 0.3 is 6.09 Å². The minimum atomic E-state index is -1.14. The van der Waals surface area contributed by atoms with Gasteiger partial charge in [0, 0.05) is 23.1 Å². The lowest BCUT2D eigenvalue weighted by atomic mass is 10.2. The Morgan fingerprint density at radius 3 is 2.70 bits per heavy atom. The number of ether oxygens (including phenoxy) is 1. The van der Waals surface area contributed by atoms with Crippen molar-refractivity contribution in [2.24, 2.45) is 0 Å². The third-order valence-electron chi connectivity index (χ3n) is 3.47. The number of rotatable bonds is 3. The number of nitrogens with zero attached hydrogens (tertiary/aromatic N) is 1. The van der Waals surface area contributed by atoms with Gasteiger partial charge < -0.3 is 15.0 Å². The minimum Gasteiger partial charge on any atom is -0.444 e. The highest BCUT2D eigenvalue weighted by Gasteiger charge is 2.37. The number of nitrogens with one attached hydrogen (secondary N) is 1. The van der Waals surface area contributed by atoms with Gasteiger partial charge in [0.25, 0.3) is 0 Å². The third-order valence-corrected chi connectivity index (χ3v) is 4.06. The van der Waals surface area contributed by atoms with E-state index < -0.39 is 23.9 Å². The maximum Gasteiger partial charge on any atom is 0.410 e. The number of amides is 1. The fraction of sp³-hybridized carbons (Fsp3) is 0.562. The monoisotopic (exact) mass is 362 g/mol. The van der Waals surface area contributed by atoms with Crippen LogP contribution in [-0.2, 0) is 11.3 Å². The summed E-state index contributed by atoms with van der Waals surface area (Å²) in [5.41, 5.74) is 0.240. The molecule has 2 atom stereocenters. The van der Waals surface area contributed by atoms with Crippen molar-refractivity contribution < 1.29 is 13.9 Å².